The number of ether oxygens (including phenoxy) is 1. The molecule has 0 saturated carbocycles. The Morgan fingerprint density at radius 2 is 1.72 bits per heavy atom. The number of nitro groups is 1. The van der Waals surface area contributed by atoms with Crippen LogP contribution >= 0.6 is 0 Å². The summed E-state index contributed by atoms with van der Waals surface area (Å²) in [6.45, 7) is 8.01. The third-order valence-corrected chi connectivity index (χ3v) is 6.33. The van der Waals surface area contributed by atoms with Crippen LogP contribution in [0.2, 0.25) is 0 Å². The Hall–Kier alpha value is -3.76. The standard InChI is InChI=1S/C26H30N4O6/c1-17(2)36-21-9-5-19(6-10-21)24(31)22-23(18-3-7-20(8-4-18)30(34)35)29(26(33)25(22)32)16-15-28-13-11-27-12-14-28/h3-10,17,23,27,31H,11-16H2,1-2H3/t23-/m1/s1. The fraction of sp³-hybridized carbons (Fsp3) is 0.385. The van der Waals surface area contributed by atoms with Gasteiger partial charge in [0.2, 0.25) is 0 Å². The first kappa shape index (κ1) is 25.3. The first-order chi connectivity index (χ1) is 17.3. The van der Waals surface area contributed by atoms with Gasteiger partial charge in [0.15, 0.2) is 0 Å². The van der Waals surface area contributed by atoms with Gasteiger partial charge < -0.3 is 20.1 Å². The monoisotopic (exact) mass is 494 g/mol. The van der Waals surface area contributed by atoms with Gasteiger partial charge in [-0.05, 0) is 55.8 Å². The number of carbonyl (C=O) groups excluding carboxylic acids is 2. The summed E-state index contributed by atoms with van der Waals surface area (Å²) < 4.78 is 5.65. The van der Waals surface area contributed by atoms with E-state index in [1.807, 2.05) is 13.8 Å². The van der Waals surface area contributed by atoms with Crippen LogP contribution in [0.4, 0.5) is 5.69 Å². The lowest BCUT2D eigenvalue weighted by molar-refractivity contribution is -0.384. The van der Waals surface area contributed by atoms with Crippen LogP contribution in [-0.2, 0) is 9.59 Å². The minimum absolute atomic E-state index is 0.0207. The Kier molecular flexibility index (Phi) is 7.66. The smallest absolute Gasteiger partial charge is 0.295 e. The first-order valence-electron chi connectivity index (χ1n) is 12.0. The van der Waals surface area contributed by atoms with E-state index in [0.717, 1.165) is 26.2 Å². The number of likely N-dealkylation sites (tertiary alicyclic amines) is 1. The fourth-order valence-electron chi connectivity index (χ4n) is 4.54. The van der Waals surface area contributed by atoms with Gasteiger partial charge >= 0.3 is 0 Å². The van der Waals surface area contributed by atoms with Crippen molar-refractivity contribution in [2.45, 2.75) is 26.0 Å². The fourth-order valence-corrected chi connectivity index (χ4v) is 4.54. The number of hydrogen-bond donors (Lipinski definition) is 2. The van der Waals surface area contributed by atoms with Crippen molar-refractivity contribution in [3.05, 3.63) is 75.3 Å². The van der Waals surface area contributed by atoms with E-state index < -0.39 is 22.7 Å². The van der Waals surface area contributed by atoms with E-state index in [1.54, 1.807) is 24.3 Å². The van der Waals surface area contributed by atoms with Crippen LogP contribution < -0.4 is 10.1 Å². The predicted molar refractivity (Wildman–Crippen MR) is 134 cm³/mol. The van der Waals surface area contributed by atoms with Crippen LogP contribution in [0.3, 0.4) is 0 Å². The number of nitrogens with one attached hydrogen (secondary N) is 1. The second-order valence-corrected chi connectivity index (χ2v) is 9.12. The highest BCUT2D eigenvalue weighted by Gasteiger charge is 2.46. The molecule has 36 heavy (non-hydrogen) atoms. The number of non-ortho nitro benzene ring substituents is 1. The molecule has 0 spiro atoms. The lowest BCUT2D eigenvalue weighted by atomic mass is 9.95. The zero-order valence-electron chi connectivity index (χ0n) is 20.3. The maximum absolute atomic E-state index is 13.2. The predicted octanol–water partition coefficient (Wildman–Crippen LogP) is 2.71. The van der Waals surface area contributed by atoms with Gasteiger partial charge in [-0.15, -0.1) is 0 Å². The minimum Gasteiger partial charge on any atom is -0.507 e. The number of ketones is 1. The van der Waals surface area contributed by atoms with Gasteiger partial charge in [0.1, 0.15) is 11.5 Å². The van der Waals surface area contributed by atoms with Crippen LogP contribution in [0.5, 0.6) is 5.75 Å². The summed E-state index contributed by atoms with van der Waals surface area (Å²) >= 11 is 0. The van der Waals surface area contributed by atoms with Crippen LogP contribution in [0, 0.1) is 10.1 Å². The van der Waals surface area contributed by atoms with Crippen LogP contribution in [0.25, 0.3) is 5.76 Å². The number of benzene rings is 2. The second-order valence-electron chi connectivity index (χ2n) is 9.12. The number of Topliss-reactive ketones (excluding diaryl/α,β-unsaturated/α-hetero) is 1. The first-order valence-corrected chi connectivity index (χ1v) is 12.0. The molecular weight excluding hydrogens is 464 g/mol. The van der Waals surface area contributed by atoms with Gasteiger partial charge in [-0.3, -0.25) is 24.6 Å². The normalized spacial score (nSPS) is 20.2. The Morgan fingerprint density at radius 1 is 1.08 bits per heavy atom. The number of amides is 1. The molecule has 2 aliphatic heterocycles. The molecule has 2 aromatic carbocycles. The summed E-state index contributed by atoms with van der Waals surface area (Å²) in [6, 6.07) is 11.5. The van der Waals surface area contributed by atoms with Crippen molar-refractivity contribution in [1.29, 1.82) is 0 Å². The Labute approximate surface area is 209 Å². The van der Waals surface area contributed by atoms with Gasteiger partial charge in [-0.1, -0.05) is 0 Å². The summed E-state index contributed by atoms with van der Waals surface area (Å²) in [5.41, 5.74) is 0.753. The quantitative estimate of drug-likeness (QED) is 0.189. The van der Waals surface area contributed by atoms with Crippen molar-refractivity contribution in [2.75, 3.05) is 39.3 Å². The molecule has 2 aliphatic rings. The van der Waals surface area contributed by atoms with Crippen molar-refractivity contribution in [2.24, 2.45) is 0 Å². The molecule has 2 saturated heterocycles. The molecule has 2 aromatic rings. The molecule has 10 heteroatoms. The van der Waals surface area contributed by atoms with Crippen molar-refractivity contribution in [3.8, 4) is 5.75 Å². The highest BCUT2D eigenvalue weighted by Crippen LogP contribution is 2.40. The molecule has 2 heterocycles. The van der Waals surface area contributed by atoms with E-state index in [-0.39, 0.29) is 29.7 Å². The van der Waals surface area contributed by atoms with Gasteiger partial charge in [0, 0.05) is 57.0 Å². The number of hydrogen-bond acceptors (Lipinski definition) is 8. The average Bonchev–Trinajstić information content (AvgIpc) is 3.12. The summed E-state index contributed by atoms with van der Waals surface area (Å²) in [6.07, 6.45) is -0.0207. The highest BCUT2D eigenvalue weighted by molar-refractivity contribution is 6.46. The maximum atomic E-state index is 13.2. The number of carbonyl (C=O) groups is 2. The van der Waals surface area contributed by atoms with E-state index in [1.165, 1.54) is 29.2 Å². The molecule has 0 aliphatic carbocycles. The molecule has 4 rings (SSSR count). The van der Waals surface area contributed by atoms with Crippen LogP contribution in [0.1, 0.15) is 31.0 Å². The minimum atomic E-state index is -0.861. The van der Waals surface area contributed by atoms with Crippen LogP contribution in [0.15, 0.2) is 54.1 Å². The third kappa shape index (κ3) is 5.39. The maximum Gasteiger partial charge on any atom is 0.295 e. The van der Waals surface area contributed by atoms with Gasteiger partial charge in [0.05, 0.1) is 22.6 Å². The zero-order valence-corrected chi connectivity index (χ0v) is 20.3. The molecule has 0 radical (unpaired) electrons. The molecule has 0 aromatic heterocycles. The molecular formula is C26H30N4O6. The molecule has 190 valence electrons. The van der Waals surface area contributed by atoms with E-state index in [0.29, 0.717) is 23.4 Å². The van der Waals surface area contributed by atoms with Crippen LogP contribution in [-0.4, -0.2) is 76.9 Å². The third-order valence-electron chi connectivity index (χ3n) is 6.33. The molecule has 0 unspecified atom stereocenters. The molecule has 2 fully saturated rings. The SMILES string of the molecule is CC(C)Oc1ccc(C(O)=C2C(=O)C(=O)N(CCN3CCNCC3)[C@@H]2c2ccc([N+](=O)[O-])cc2)cc1. The number of nitrogens with zero attached hydrogens (tertiary/aromatic N) is 3. The molecule has 2 N–H and O–H groups in total. The van der Waals surface area contributed by atoms with E-state index >= 15 is 0 Å². The Morgan fingerprint density at radius 3 is 2.31 bits per heavy atom. The molecule has 10 nitrogen and oxygen atoms in total. The molecule has 0 bridgehead atoms. The summed E-state index contributed by atoms with van der Waals surface area (Å²) in [7, 11) is 0. The number of nitro benzene ring substituents is 1. The topological polar surface area (TPSA) is 125 Å². The van der Waals surface area contributed by atoms with Crippen molar-refractivity contribution >= 4 is 23.1 Å². The summed E-state index contributed by atoms with van der Waals surface area (Å²) in [5.74, 6) is -1.16. The van der Waals surface area contributed by atoms with Crippen molar-refractivity contribution in [1.82, 2.24) is 15.1 Å². The number of rotatable bonds is 8. The average molecular weight is 495 g/mol. The largest absolute Gasteiger partial charge is 0.507 e. The number of aliphatic hydroxyl groups is 1. The van der Waals surface area contributed by atoms with Crippen molar-refractivity contribution < 1.29 is 24.4 Å². The van der Waals surface area contributed by atoms with Crippen molar-refractivity contribution in [3.63, 3.8) is 0 Å². The molecule has 1 atom stereocenters. The lowest BCUT2D eigenvalue weighted by Crippen LogP contribution is -2.46. The van der Waals surface area contributed by atoms with Gasteiger partial charge in [-0.25, -0.2) is 0 Å². The van der Waals surface area contributed by atoms with Gasteiger partial charge in [-0.2, -0.15) is 0 Å². The van der Waals surface area contributed by atoms with E-state index in [9.17, 15) is 24.8 Å². The van der Waals surface area contributed by atoms with Gasteiger partial charge in [0.25, 0.3) is 17.4 Å². The number of piperazine rings is 1. The lowest BCUT2D eigenvalue weighted by Gasteiger charge is -2.31. The second kappa shape index (κ2) is 10.9. The Bertz CT molecular complexity index is 1150. The Balaban J connectivity index is 1.71. The molecule has 1 amide bonds. The highest BCUT2D eigenvalue weighted by atomic mass is 16.6. The van der Waals surface area contributed by atoms with E-state index in [4.69, 9.17) is 4.74 Å². The summed E-state index contributed by atoms with van der Waals surface area (Å²) in [5, 5.41) is 25.6. The number of aliphatic hydroxyl groups excluding tert-OH is 1. The van der Waals surface area contributed by atoms with E-state index in [2.05, 4.69) is 10.2 Å². The zero-order chi connectivity index (χ0) is 25.8. The summed E-state index contributed by atoms with van der Waals surface area (Å²) in [4.78, 5) is 40.6.